The second kappa shape index (κ2) is 4.82. The number of hydrogen-bond donors (Lipinski definition) is 1. The van der Waals surface area contributed by atoms with Crippen molar-refractivity contribution < 1.29 is 23.2 Å². The number of phosphoric ester groups is 1. The molecule has 1 unspecified atom stereocenters. The Morgan fingerprint density at radius 2 is 2.00 bits per heavy atom. The number of phosphoric acid groups is 1. The number of hydrogen-bond acceptors (Lipinski definition) is 4. The predicted molar refractivity (Wildman–Crippen MR) is 34.7 cm³/mol. The molecule has 5 nitrogen and oxygen atoms in total. The van der Waals surface area contributed by atoms with Crippen LogP contribution in [0.1, 0.15) is 0 Å². The Labute approximate surface area is 59.5 Å². The van der Waals surface area contributed by atoms with E-state index in [1.54, 1.807) is 0 Å². The van der Waals surface area contributed by atoms with Crippen LogP contribution in [0.15, 0.2) is 0 Å². The Kier molecular flexibility index (Phi) is 4.85. The van der Waals surface area contributed by atoms with E-state index in [0.717, 1.165) is 7.11 Å². The highest BCUT2D eigenvalue weighted by molar-refractivity contribution is 7.47. The minimum Gasteiger partial charge on any atom is -0.382 e. The van der Waals surface area contributed by atoms with Crippen LogP contribution in [0.3, 0.4) is 0 Å². The molecule has 0 aromatic rings. The number of ether oxygens (including phenoxy) is 1. The van der Waals surface area contributed by atoms with Crippen molar-refractivity contribution in [1.29, 1.82) is 0 Å². The maximum Gasteiger partial charge on any atom is 0.471 e. The molecule has 0 aliphatic heterocycles. The zero-order valence-electron chi connectivity index (χ0n) is 5.94. The first kappa shape index (κ1) is 10.1. The van der Waals surface area contributed by atoms with Crippen LogP contribution < -0.4 is 0 Å². The lowest BCUT2D eigenvalue weighted by atomic mass is 10.8. The van der Waals surface area contributed by atoms with Crippen LogP contribution in [0, 0.1) is 0 Å². The fraction of sp³-hybridized carbons (Fsp3) is 1.00. The van der Waals surface area contributed by atoms with Gasteiger partial charge in [-0.3, -0.25) is 9.05 Å². The second-order valence-electron chi connectivity index (χ2n) is 1.48. The molecule has 0 saturated heterocycles. The molecule has 0 fully saturated rings. The topological polar surface area (TPSA) is 65.0 Å². The molecule has 0 aromatic heterocycles. The Morgan fingerprint density at radius 3 is 2.40 bits per heavy atom. The summed E-state index contributed by atoms with van der Waals surface area (Å²) in [5.41, 5.74) is 0. The summed E-state index contributed by atoms with van der Waals surface area (Å²) in [6.07, 6.45) is 0. The van der Waals surface area contributed by atoms with Gasteiger partial charge in [0.05, 0.1) is 13.2 Å². The summed E-state index contributed by atoms with van der Waals surface area (Å²) in [6.45, 7) is 0.325. The van der Waals surface area contributed by atoms with E-state index in [9.17, 15) is 4.57 Å². The van der Waals surface area contributed by atoms with Crippen molar-refractivity contribution in [1.82, 2.24) is 0 Å². The lowest BCUT2D eigenvalue weighted by Crippen LogP contribution is -2.00. The van der Waals surface area contributed by atoms with E-state index in [2.05, 4.69) is 13.8 Å². The van der Waals surface area contributed by atoms with E-state index in [1.807, 2.05) is 0 Å². The first-order valence-corrected chi connectivity index (χ1v) is 4.14. The molecule has 62 valence electrons. The SMILES string of the molecule is COCCOP(=O)(O)OC. The molecule has 0 saturated carbocycles. The van der Waals surface area contributed by atoms with Crippen LogP contribution in [0.5, 0.6) is 0 Å². The average Bonchev–Trinajstić information content (AvgIpc) is 1.89. The molecule has 0 amide bonds. The van der Waals surface area contributed by atoms with Crippen molar-refractivity contribution in [2.45, 2.75) is 0 Å². The van der Waals surface area contributed by atoms with Crippen LogP contribution in [-0.2, 0) is 18.3 Å². The van der Waals surface area contributed by atoms with Gasteiger partial charge in [0, 0.05) is 14.2 Å². The Bertz CT molecular complexity index is 125. The van der Waals surface area contributed by atoms with Gasteiger partial charge in [-0.25, -0.2) is 4.57 Å². The van der Waals surface area contributed by atoms with Gasteiger partial charge in [0.2, 0.25) is 0 Å². The minimum atomic E-state index is -3.78. The highest BCUT2D eigenvalue weighted by Crippen LogP contribution is 2.41. The summed E-state index contributed by atoms with van der Waals surface area (Å²) in [5.74, 6) is 0. The Morgan fingerprint density at radius 1 is 1.40 bits per heavy atom. The molecule has 1 N–H and O–H groups in total. The quantitative estimate of drug-likeness (QED) is 0.477. The molecule has 0 aliphatic carbocycles. The second-order valence-corrected chi connectivity index (χ2v) is 3.04. The van der Waals surface area contributed by atoms with Crippen molar-refractivity contribution in [3.63, 3.8) is 0 Å². The van der Waals surface area contributed by atoms with Crippen molar-refractivity contribution in [3.8, 4) is 0 Å². The lowest BCUT2D eigenvalue weighted by Gasteiger charge is -2.07. The van der Waals surface area contributed by atoms with E-state index < -0.39 is 7.82 Å². The Hall–Kier alpha value is 0.0700. The van der Waals surface area contributed by atoms with E-state index in [1.165, 1.54) is 7.11 Å². The van der Waals surface area contributed by atoms with E-state index >= 15 is 0 Å². The average molecular weight is 170 g/mol. The fourth-order valence-corrected chi connectivity index (χ4v) is 0.699. The summed E-state index contributed by atoms with van der Waals surface area (Å²) in [5, 5.41) is 0. The molecule has 0 radical (unpaired) electrons. The third-order valence-electron chi connectivity index (χ3n) is 0.773. The zero-order chi connectivity index (χ0) is 8.04. The van der Waals surface area contributed by atoms with Gasteiger partial charge in [-0.1, -0.05) is 0 Å². The molecule has 6 heteroatoms. The fourth-order valence-electron chi connectivity index (χ4n) is 0.289. The lowest BCUT2D eigenvalue weighted by molar-refractivity contribution is 0.112. The summed E-state index contributed by atoms with van der Waals surface area (Å²) >= 11 is 0. The van der Waals surface area contributed by atoms with Gasteiger partial charge >= 0.3 is 7.82 Å². The molecule has 0 heterocycles. The van der Waals surface area contributed by atoms with Gasteiger partial charge in [-0.2, -0.15) is 0 Å². The van der Waals surface area contributed by atoms with Crippen molar-refractivity contribution in [2.24, 2.45) is 0 Å². The first-order valence-electron chi connectivity index (χ1n) is 2.64. The molecule has 1 atom stereocenters. The van der Waals surface area contributed by atoms with Gasteiger partial charge in [-0.05, 0) is 0 Å². The van der Waals surface area contributed by atoms with Crippen LogP contribution >= 0.6 is 7.82 Å². The highest BCUT2D eigenvalue weighted by Gasteiger charge is 2.16. The number of rotatable bonds is 5. The standard InChI is InChI=1S/C4H11O5P/c1-7-3-4-9-10(5,6)8-2/h3-4H2,1-2H3,(H,5,6). The van der Waals surface area contributed by atoms with Gasteiger partial charge in [0.1, 0.15) is 0 Å². The van der Waals surface area contributed by atoms with E-state index in [0.29, 0.717) is 0 Å². The maximum absolute atomic E-state index is 10.5. The smallest absolute Gasteiger partial charge is 0.382 e. The van der Waals surface area contributed by atoms with Gasteiger partial charge in [0.25, 0.3) is 0 Å². The predicted octanol–water partition coefficient (Wildman–Crippen LogP) is 0.396. The molecule has 0 rings (SSSR count). The minimum absolute atomic E-state index is 0.0537. The summed E-state index contributed by atoms with van der Waals surface area (Å²) < 4.78 is 23.6. The number of methoxy groups -OCH3 is 1. The first-order chi connectivity index (χ1) is 4.62. The molecule has 0 bridgehead atoms. The summed E-state index contributed by atoms with van der Waals surface area (Å²) in [7, 11) is -1.21. The van der Waals surface area contributed by atoms with E-state index in [4.69, 9.17) is 4.89 Å². The monoisotopic (exact) mass is 170 g/mol. The van der Waals surface area contributed by atoms with Crippen LogP contribution in [0.25, 0.3) is 0 Å². The maximum atomic E-state index is 10.5. The normalized spacial score (nSPS) is 16.7. The summed E-state index contributed by atoms with van der Waals surface area (Å²) in [6, 6.07) is 0. The van der Waals surface area contributed by atoms with Crippen LogP contribution in [0.4, 0.5) is 0 Å². The van der Waals surface area contributed by atoms with Crippen LogP contribution in [-0.4, -0.2) is 32.3 Å². The van der Waals surface area contributed by atoms with Crippen molar-refractivity contribution in [2.75, 3.05) is 27.4 Å². The molecular weight excluding hydrogens is 159 g/mol. The summed E-state index contributed by atoms with van der Waals surface area (Å²) in [4.78, 5) is 8.61. The van der Waals surface area contributed by atoms with Gasteiger partial charge in [-0.15, -0.1) is 0 Å². The van der Waals surface area contributed by atoms with Gasteiger partial charge in [0.15, 0.2) is 0 Å². The van der Waals surface area contributed by atoms with E-state index in [-0.39, 0.29) is 13.2 Å². The molecule has 10 heavy (non-hydrogen) atoms. The third-order valence-corrected chi connectivity index (χ3v) is 1.74. The molecule has 0 spiro atoms. The van der Waals surface area contributed by atoms with Crippen molar-refractivity contribution in [3.05, 3.63) is 0 Å². The van der Waals surface area contributed by atoms with Crippen LogP contribution in [0.2, 0.25) is 0 Å². The third kappa shape index (κ3) is 4.90. The molecule has 0 aliphatic rings. The largest absolute Gasteiger partial charge is 0.471 e. The van der Waals surface area contributed by atoms with Crippen molar-refractivity contribution >= 4 is 7.82 Å². The van der Waals surface area contributed by atoms with Gasteiger partial charge < -0.3 is 9.63 Å². The Balaban J connectivity index is 3.38. The zero-order valence-corrected chi connectivity index (χ0v) is 6.84. The highest BCUT2D eigenvalue weighted by atomic mass is 31.2. The molecular formula is C4H11O5P. The molecule has 0 aromatic carbocycles.